The molecule has 1 saturated heterocycles. The van der Waals surface area contributed by atoms with Crippen LogP contribution >= 0.6 is 0 Å². The first-order valence-corrected chi connectivity index (χ1v) is 5.87. The second kappa shape index (κ2) is 5.19. The summed E-state index contributed by atoms with van der Waals surface area (Å²) >= 11 is 0. The SMILES string of the molecule is FC(F)(F)c1ncc(C2CCC(C(F)(F)F)NC2)cn1. The summed E-state index contributed by atoms with van der Waals surface area (Å²) in [6.45, 7) is 0.0406. The Balaban J connectivity index is 2.01. The van der Waals surface area contributed by atoms with Crippen molar-refractivity contribution < 1.29 is 26.3 Å². The molecule has 2 atom stereocenters. The van der Waals surface area contributed by atoms with Crippen molar-refractivity contribution in [1.29, 1.82) is 0 Å². The number of aromatic nitrogens is 2. The van der Waals surface area contributed by atoms with E-state index in [0.717, 1.165) is 12.4 Å². The van der Waals surface area contributed by atoms with Crippen molar-refractivity contribution >= 4 is 0 Å². The van der Waals surface area contributed by atoms with Crippen LogP contribution in [-0.4, -0.2) is 28.7 Å². The first-order valence-electron chi connectivity index (χ1n) is 5.87. The Hall–Kier alpha value is -1.38. The average Bonchev–Trinajstić information content (AvgIpc) is 2.37. The van der Waals surface area contributed by atoms with Crippen LogP contribution in [0, 0.1) is 0 Å². The zero-order valence-corrected chi connectivity index (χ0v) is 10.1. The summed E-state index contributed by atoms with van der Waals surface area (Å²) in [6, 6.07) is -1.56. The van der Waals surface area contributed by atoms with E-state index in [1.807, 2.05) is 0 Å². The minimum absolute atomic E-state index is 0.0406. The van der Waals surface area contributed by atoms with Crippen molar-refractivity contribution in [3.63, 3.8) is 0 Å². The van der Waals surface area contributed by atoms with Gasteiger partial charge in [0, 0.05) is 18.9 Å². The van der Waals surface area contributed by atoms with Crippen molar-refractivity contribution in [2.75, 3.05) is 6.54 Å². The Morgan fingerprint density at radius 2 is 1.60 bits per heavy atom. The maximum Gasteiger partial charge on any atom is 0.451 e. The molecule has 1 fully saturated rings. The molecule has 2 unspecified atom stereocenters. The molecule has 0 radical (unpaired) electrons. The molecule has 1 aliphatic rings. The lowest BCUT2D eigenvalue weighted by Crippen LogP contribution is -2.47. The van der Waals surface area contributed by atoms with Gasteiger partial charge in [0.05, 0.1) is 0 Å². The zero-order chi connectivity index (χ0) is 15.0. The number of alkyl halides is 6. The summed E-state index contributed by atoms with van der Waals surface area (Å²) in [7, 11) is 0. The molecule has 0 amide bonds. The molecule has 0 aliphatic carbocycles. The fourth-order valence-electron chi connectivity index (χ4n) is 2.12. The van der Waals surface area contributed by atoms with Gasteiger partial charge in [-0.3, -0.25) is 0 Å². The van der Waals surface area contributed by atoms with E-state index in [-0.39, 0.29) is 25.3 Å². The Labute approximate surface area is 110 Å². The van der Waals surface area contributed by atoms with Gasteiger partial charge in [0.15, 0.2) is 0 Å². The molecule has 0 spiro atoms. The molecule has 2 heterocycles. The average molecular weight is 299 g/mol. The molecule has 3 nitrogen and oxygen atoms in total. The molecule has 9 heteroatoms. The first-order chi connectivity index (χ1) is 9.18. The van der Waals surface area contributed by atoms with E-state index in [2.05, 4.69) is 15.3 Å². The third-order valence-corrected chi connectivity index (χ3v) is 3.21. The largest absolute Gasteiger partial charge is 0.451 e. The van der Waals surface area contributed by atoms with E-state index >= 15 is 0 Å². The van der Waals surface area contributed by atoms with Crippen LogP contribution in [-0.2, 0) is 6.18 Å². The molecule has 1 aromatic rings. The van der Waals surface area contributed by atoms with E-state index in [1.165, 1.54) is 0 Å². The summed E-state index contributed by atoms with van der Waals surface area (Å²) in [6.07, 6.45) is -6.76. The van der Waals surface area contributed by atoms with Crippen LogP contribution in [0.15, 0.2) is 12.4 Å². The molecule has 20 heavy (non-hydrogen) atoms. The van der Waals surface area contributed by atoms with E-state index in [4.69, 9.17) is 0 Å². The summed E-state index contributed by atoms with van der Waals surface area (Å²) in [4.78, 5) is 6.41. The van der Waals surface area contributed by atoms with Crippen molar-refractivity contribution in [2.24, 2.45) is 0 Å². The van der Waals surface area contributed by atoms with Crippen molar-refractivity contribution in [3.05, 3.63) is 23.8 Å². The third kappa shape index (κ3) is 3.38. The number of rotatable bonds is 1. The molecule has 1 N–H and O–H groups in total. The van der Waals surface area contributed by atoms with E-state index in [1.54, 1.807) is 0 Å². The van der Waals surface area contributed by atoms with E-state index in [9.17, 15) is 26.3 Å². The fourth-order valence-corrected chi connectivity index (χ4v) is 2.12. The maximum absolute atomic E-state index is 12.4. The fraction of sp³-hybridized carbons (Fsp3) is 0.636. The van der Waals surface area contributed by atoms with Gasteiger partial charge >= 0.3 is 12.4 Å². The summed E-state index contributed by atoms with van der Waals surface area (Å²) in [5, 5.41) is 2.35. The van der Waals surface area contributed by atoms with Crippen LogP contribution in [0.2, 0.25) is 0 Å². The number of hydrogen-bond donors (Lipinski definition) is 1. The molecule has 0 aromatic carbocycles. The Morgan fingerprint density at radius 3 is 2.00 bits per heavy atom. The Morgan fingerprint density at radius 1 is 1.00 bits per heavy atom. The minimum atomic E-state index is -4.62. The lowest BCUT2D eigenvalue weighted by atomic mass is 9.90. The summed E-state index contributed by atoms with van der Waals surface area (Å²) in [5.41, 5.74) is 0.408. The van der Waals surface area contributed by atoms with Gasteiger partial charge < -0.3 is 5.32 Å². The maximum atomic E-state index is 12.4. The highest BCUT2D eigenvalue weighted by Crippen LogP contribution is 2.32. The van der Waals surface area contributed by atoms with Gasteiger partial charge in [0.1, 0.15) is 6.04 Å². The lowest BCUT2D eigenvalue weighted by molar-refractivity contribution is -0.160. The van der Waals surface area contributed by atoms with Gasteiger partial charge in [0.2, 0.25) is 5.82 Å². The molecular weight excluding hydrogens is 288 g/mol. The van der Waals surface area contributed by atoms with Crippen LogP contribution in [0.1, 0.15) is 30.1 Å². The molecule has 0 saturated carbocycles. The highest BCUT2D eigenvalue weighted by Gasteiger charge is 2.41. The quantitative estimate of drug-likeness (QED) is 0.810. The number of nitrogens with zero attached hydrogens (tertiary/aromatic N) is 2. The Kier molecular flexibility index (Phi) is 3.90. The molecule has 0 bridgehead atoms. The number of hydrogen-bond acceptors (Lipinski definition) is 3. The Bertz CT molecular complexity index is 445. The van der Waals surface area contributed by atoms with Crippen molar-refractivity contribution in [3.8, 4) is 0 Å². The highest BCUT2D eigenvalue weighted by molar-refractivity contribution is 5.14. The van der Waals surface area contributed by atoms with E-state index < -0.39 is 24.2 Å². The summed E-state index contributed by atoms with van der Waals surface area (Å²) in [5.74, 6) is -1.56. The van der Waals surface area contributed by atoms with Gasteiger partial charge in [-0.25, -0.2) is 9.97 Å². The first kappa shape index (κ1) is 15.0. The van der Waals surface area contributed by atoms with Crippen LogP contribution in [0.3, 0.4) is 0 Å². The predicted molar refractivity (Wildman–Crippen MR) is 56.9 cm³/mol. The second-order valence-corrected chi connectivity index (χ2v) is 4.61. The predicted octanol–water partition coefficient (Wildman–Crippen LogP) is 2.89. The minimum Gasteiger partial charge on any atom is -0.306 e. The van der Waals surface area contributed by atoms with Gasteiger partial charge in [-0.05, 0) is 24.3 Å². The van der Waals surface area contributed by atoms with E-state index in [0.29, 0.717) is 5.56 Å². The van der Waals surface area contributed by atoms with Crippen LogP contribution < -0.4 is 5.32 Å². The molecule has 2 rings (SSSR count). The van der Waals surface area contributed by atoms with Gasteiger partial charge in [0.25, 0.3) is 0 Å². The third-order valence-electron chi connectivity index (χ3n) is 3.21. The van der Waals surface area contributed by atoms with Crippen LogP contribution in [0.5, 0.6) is 0 Å². The standard InChI is InChI=1S/C11H11F6N3/c12-10(13,14)8-2-1-6(3-18-8)7-4-19-9(20-5-7)11(15,16)17/h4-6,8,18H,1-3H2. The molecular formula is C11H11F6N3. The highest BCUT2D eigenvalue weighted by atomic mass is 19.4. The zero-order valence-electron chi connectivity index (χ0n) is 10.1. The monoisotopic (exact) mass is 299 g/mol. The van der Waals surface area contributed by atoms with Crippen LogP contribution in [0.4, 0.5) is 26.3 Å². The van der Waals surface area contributed by atoms with Gasteiger partial charge in [-0.1, -0.05) is 0 Å². The number of piperidine rings is 1. The smallest absolute Gasteiger partial charge is 0.306 e. The molecule has 1 aliphatic heterocycles. The number of halogens is 6. The number of nitrogens with one attached hydrogen (secondary N) is 1. The topological polar surface area (TPSA) is 37.8 Å². The molecule has 112 valence electrons. The van der Waals surface area contributed by atoms with Crippen LogP contribution in [0.25, 0.3) is 0 Å². The van der Waals surface area contributed by atoms with Crippen molar-refractivity contribution in [2.45, 2.75) is 37.2 Å². The van der Waals surface area contributed by atoms with Gasteiger partial charge in [-0.15, -0.1) is 0 Å². The summed E-state index contributed by atoms with van der Waals surface area (Å²) < 4.78 is 74.2. The lowest BCUT2D eigenvalue weighted by Gasteiger charge is -2.31. The van der Waals surface area contributed by atoms with Gasteiger partial charge in [-0.2, -0.15) is 26.3 Å². The second-order valence-electron chi connectivity index (χ2n) is 4.61. The molecule has 1 aromatic heterocycles. The van der Waals surface area contributed by atoms with Crippen molar-refractivity contribution in [1.82, 2.24) is 15.3 Å². The normalized spacial score (nSPS) is 24.7.